The number of rotatable bonds is 10. The normalized spacial score (nSPS) is 11.2. The summed E-state index contributed by atoms with van der Waals surface area (Å²) in [4.78, 5) is 18.9. The second kappa shape index (κ2) is 10.2. The quantitative estimate of drug-likeness (QED) is 0.352. The Bertz CT molecular complexity index is 1170. The molecular formula is C25H29N5O2. The number of nitrogens with zero attached hydrogens (tertiary/aromatic N) is 5. The molecule has 0 aliphatic heterocycles. The molecule has 0 saturated carbocycles. The van der Waals surface area contributed by atoms with E-state index in [9.17, 15) is 4.79 Å². The summed E-state index contributed by atoms with van der Waals surface area (Å²) in [6.07, 6.45) is 6.65. The fourth-order valence-electron chi connectivity index (χ4n) is 3.81. The number of carbonyl (C=O) groups is 1. The van der Waals surface area contributed by atoms with Crippen LogP contribution in [-0.2, 0) is 30.6 Å². The maximum absolute atomic E-state index is 12.6. The smallest absolute Gasteiger partial charge is 0.223 e. The van der Waals surface area contributed by atoms with Crippen LogP contribution >= 0.6 is 0 Å². The molecule has 32 heavy (non-hydrogen) atoms. The van der Waals surface area contributed by atoms with E-state index < -0.39 is 0 Å². The second-order valence-electron chi connectivity index (χ2n) is 8.10. The Balaban J connectivity index is 1.22. The third-order valence-corrected chi connectivity index (χ3v) is 5.65. The van der Waals surface area contributed by atoms with Crippen LogP contribution in [0.15, 0.2) is 59.1 Å². The van der Waals surface area contributed by atoms with Crippen molar-refractivity contribution in [3.8, 4) is 0 Å². The monoisotopic (exact) mass is 431 g/mol. The molecule has 0 fully saturated rings. The van der Waals surface area contributed by atoms with E-state index in [1.807, 2.05) is 48.8 Å². The summed E-state index contributed by atoms with van der Waals surface area (Å²) in [5.41, 5.74) is 4.19. The van der Waals surface area contributed by atoms with Gasteiger partial charge in [-0.15, -0.1) is 10.2 Å². The van der Waals surface area contributed by atoms with Crippen molar-refractivity contribution in [1.29, 1.82) is 0 Å². The number of hydrogen-bond acceptors (Lipinski definition) is 5. The van der Waals surface area contributed by atoms with Crippen LogP contribution in [0.4, 0.5) is 0 Å². The zero-order valence-corrected chi connectivity index (χ0v) is 18.7. The maximum Gasteiger partial charge on any atom is 0.223 e. The number of amides is 1. The first-order chi connectivity index (χ1) is 15.6. The Morgan fingerprint density at radius 1 is 0.969 bits per heavy atom. The van der Waals surface area contributed by atoms with Crippen LogP contribution in [0.5, 0.6) is 0 Å². The predicted molar refractivity (Wildman–Crippen MR) is 122 cm³/mol. The lowest BCUT2D eigenvalue weighted by atomic mass is 10.1. The summed E-state index contributed by atoms with van der Waals surface area (Å²) in [6, 6.07) is 16.4. The molecule has 0 aliphatic carbocycles. The van der Waals surface area contributed by atoms with E-state index in [4.69, 9.17) is 4.42 Å². The van der Waals surface area contributed by atoms with Gasteiger partial charge in [0.25, 0.3) is 0 Å². The molecule has 0 unspecified atom stereocenters. The molecule has 0 N–H and O–H groups in total. The third-order valence-electron chi connectivity index (χ3n) is 5.65. The fraction of sp³-hybridized carbons (Fsp3) is 0.360. The molecule has 1 aromatic carbocycles. The van der Waals surface area contributed by atoms with Gasteiger partial charge in [-0.2, -0.15) is 0 Å². The van der Waals surface area contributed by atoms with Crippen molar-refractivity contribution in [2.75, 3.05) is 7.05 Å². The van der Waals surface area contributed by atoms with Crippen LogP contribution in [-0.4, -0.2) is 37.4 Å². The summed E-state index contributed by atoms with van der Waals surface area (Å²) < 4.78 is 7.77. The Morgan fingerprint density at radius 2 is 1.69 bits per heavy atom. The minimum Gasteiger partial charge on any atom is -0.425 e. The van der Waals surface area contributed by atoms with Crippen LogP contribution in [0.25, 0.3) is 5.65 Å². The molecule has 0 aliphatic rings. The average Bonchev–Trinajstić information content (AvgIpc) is 3.39. The zero-order valence-electron chi connectivity index (χ0n) is 18.7. The van der Waals surface area contributed by atoms with Crippen molar-refractivity contribution < 1.29 is 9.21 Å². The SMILES string of the molecule is Cc1nc2ccccn2c1CN(C)C(=O)CCc1nnc(CCCCc2ccccc2)o1. The number of aryl methyl sites for hydroxylation is 4. The van der Waals surface area contributed by atoms with Crippen molar-refractivity contribution in [2.45, 2.75) is 52.0 Å². The molecule has 7 nitrogen and oxygen atoms in total. The van der Waals surface area contributed by atoms with Gasteiger partial charge in [-0.25, -0.2) is 4.98 Å². The number of aromatic nitrogens is 4. The number of benzene rings is 1. The van der Waals surface area contributed by atoms with E-state index in [1.165, 1.54) is 5.56 Å². The molecule has 0 radical (unpaired) electrons. The minimum absolute atomic E-state index is 0.0397. The number of fused-ring (bicyclic) bond motifs is 1. The van der Waals surface area contributed by atoms with Gasteiger partial charge in [0, 0.05) is 32.5 Å². The standard InChI is InChI=1S/C25H29N5O2/c1-19-21(30-17-9-8-13-22(30)26-19)18-29(2)25(31)16-15-24-28-27-23(32-24)14-7-6-12-20-10-4-3-5-11-20/h3-5,8-11,13,17H,6-7,12,14-16,18H2,1-2H3. The molecule has 7 heteroatoms. The van der Waals surface area contributed by atoms with Gasteiger partial charge in [0.2, 0.25) is 17.7 Å². The molecule has 0 atom stereocenters. The highest BCUT2D eigenvalue weighted by Crippen LogP contribution is 2.15. The van der Waals surface area contributed by atoms with Gasteiger partial charge in [-0.1, -0.05) is 36.4 Å². The van der Waals surface area contributed by atoms with Gasteiger partial charge in [0.05, 0.1) is 17.9 Å². The summed E-state index contributed by atoms with van der Waals surface area (Å²) in [5, 5.41) is 8.25. The molecule has 0 bridgehead atoms. The van der Waals surface area contributed by atoms with Crippen LogP contribution in [0.2, 0.25) is 0 Å². The third kappa shape index (κ3) is 5.41. The van der Waals surface area contributed by atoms with Crippen LogP contribution < -0.4 is 0 Å². The summed E-state index contributed by atoms with van der Waals surface area (Å²) >= 11 is 0. The van der Waals surface area contributed by atoms with Gasteiger partial charge in [0.1, 0.15) is 5.65 Å². The molecule has 0 saturated heterocycles. The highest BCUT2D eigenvalue weighted by molar-refractivity contribution is 5.76. The Morgan fingerprint density at radius 3 is 2.50 bits per heavy atom. The molecular weight excluding hydrogens is 402 g/mol. The fourth-order valence-corrected chi connectivity index (χ4v) is 3.81. The number of pyridine rings is 1. The van der Waals surface area contributed by atoms with E-state index in [1.54, 1.807) is 4.90 Å². The largest absolute Gasteiger partial charge is 0.425 e. The lowest BCUT2D eigenvalue weighted by molar-refractivity contribution is -0.130. The first-order valence-corrected chi connectivity index (χ1v) is 11.1. The summed E-state index contributed by atoms with van der Waals surface area (Å²) in [6.45, 7) is 2.48. The van der Waals surface area contributed by atoms with Gasteiger partial charge < -0.3 is 13.7 Å². The van der Waals surface area contributed by atoms with Crippen molar-refractivity contribution in [2.24, 2.45) is 0 Å². The molecule has 166 valence electrons. The van der Waals surface area contributed by atoms with Crippen LogP contribution in [0.3, 0.4) is 0 Å². The van der Waals surface area contributed by atoms with E-state index in [2.05, 4.69) is 39.4 Å². The number of imidazole rings is 1. The average molecular weight is 432 g/mol. The minimum atomic E-state index is 0.0397. The Kier molecular flexibility index (Phi) is 6.94. The van der Waals surface area contributed by atoms with Gasteiger partial charge in [-0.3, -0.25) is 4.79 Å². The lowest BCUT2D eigenvalue weighted by Gasteiger charge is -2.17. The topological polar surface area (TPSA) is 76.5 Å². The molecule has 3 heterocycles. The summed E-state index contributed by atoms with van der Waals surface area (Å²) in [5.74, 6) is 1.21. The maximum atomic E-state index is 12.6. The van der Waals surface area contributed by atoms with E-state index >= 15 is 0 Å². The Labute approximate surface area is 188 Å². The Hall–Kier alpha value is -3.48. The molecule has 1 amide bonds. The molecule has 3 aromatic heterocycles. The lowest BCUT2D eigenvalue weighted by Crippen LogP contribution is -2.27. The second-order valence-corrected chi connectivity index (χ2v) is 8.10. The van der Waals surface area contributed by atoms with E-state index in [-0.39, 0.29) is 5.91 Å². The highest BCUT2D eigenvalue weighted by atomic mass is 16.4. The van der Waals surface area contributed by atoms with Crippen molar-refractivity contribution in [3.05, 3.63) is 83.5 Å². The zero-order chi connectivity index (χ0) is 22.3. The van der Waals surface area contributed by atoms with E-state index in [0.717, 1.165) is 42.7 Å². The van der Waals surface area contributed by atoms with Crippen molar-refractivity contribution >= 4 is 11.6 Å². The van der Waals surface area contributed by atoms with Gasteiger partial charge >= 0.3 is 0 Å². The van der Waals surface area contributed by atoms with Crippen molar-refractivity contribution in [3.63, 3.8) is 0 Å². The number of hydrogen-bond donors (Lipinski definition) is 0. The molecule has 0 spiro atoms. The molecule has 4 aromatic rings. The van der Waals surface area contributed by atoms with Crippen LogP contribution in [0.1, 0.15) is 48.0 Å². The predicted octanol–water partition coefficient (Wildman–Crippen LogP) is 4.18. The van der Waals surface area contributed by atoms with Crippen molar-refractivity contribution in [1.82, 2.24) is 24.5 Å². The number of unbranched alkanes of at least 4 members (excludes halogenated alkanes) is 1. The van der Waals surface area contributed by atoms with Gasteiger partial charge in [-0.05, 0) is 43.9 Å². The number of carbonyl (C=O) groups excluding carboxylic acids is 1. The molecule has 4 rings (SSSR count). The van der Waals surface area contributed by atoms with E-state index in [0.29, 0.717) is 31.2 Å². The van der Waals surface area contributed by atoms with Crippen LogP contribution in [0, 0.1) is 6.92 Å². The highest BCUT2D eigenvalue weighted by Gasteiger charge is 2.16. The first-order valence-electron chi connectivity index (χ1n) is 11.1. The summed E-state index contributed by atoms with van der Waals surface area (Å²) in [7, 11) is 1.82. The van der Waals surface area contributed by atoms with Gasteiger partial charge in [0.15, 0.2) is 0 Å². The first kappa shape index (κ1) is 21.7.